The number of nitrogens with zero attached hydrogens (tertiary/aromatic N) is 2. The third-order valence-corrected chi connectivity index (χ3v) is 6.19. The van der Waals surface area contributed by atoms with Crippen molar-refractivity contribution in [2.75, 3.05) is 10.2 Å². The highest BCUT2D eigenvalue weighted by Crippen LogP contribution is 2.38. The topological polar surface area (TPSA) is 91.4 Å². The number of rotatable bonds is 6. The summed E-state index contributed by atoms with van der Waals surface area (Å²) in [6, 6.07) is 11.4. The van der Waals surface area contributed by atoms with Gasteiger partial charge in [-0.2, -0.15) is 13.2 Å². The third kappa shape index (κ3) is 5.65. The van der Waals surface area contributed by atoms with Crippen molar-refractivity contribution in [2.24, 2.45) is 0 Å². The lowest BCUT2D eigenvalue weighted by atomic mass is 9.94. The van der Waals surface area contributed by atoms with E-state index in [-0.39, 0.29) is 33.7 Å². The smallest absolute Gasteiger partial charge is 0.325 e. The summed E-state index contributed by atoms with van der Waals surface area (Å²) < 4.78 is 50.8. The SMILES string of the molecule is CC(c1ccnc(NC(=O)c2ccc(F)cc2)c1)C1NC(=O)N(c2ccc(SC(F)(F)F)cc2)C1=O. The Labute approximate surface area is 206 Å². The van der Waals surface area contributed by atoms with Gasteiger partial charge in [0.1, 0.15) is 17.7 Å². The molecule has 0 saturated carbocycles. The monoisotopic (exact) mass is 518 g/mol. The molecular weight excluding hydrogens is 500 g/mol. The first kappa shape index (κ1) is 25.2. The number of hydrogen-bond donors (Lipinski definition) is 2. The molecule has 36 heavy (non-hydrogen) atoms. The van der Waals surface area contributed by atoms with Gasteiger partial charge in [0.15, 0.2) is 0 Å². The van der Waals surface area contributed by atoms with Gasteiger partial charge in [0.25, 0.3) is 11.8 Å². The average Bonchev–Trinajstić information content (AvgIpc) is 3.12. The number of amides is 4. The predicted molar refractivity (Wildman–Crippen MR) is 125 cm³/mol. The summed E-state index contributed by atoms with van der Waals surface area (Å²) in [4.78, 5) is 42.9. The van der Waals surface area contributed by atoms with Gasteiger partial charge in [0.2, 0.25) is 0 Å². The van der Waals surface area contributed by atoms with Gasteiger partial charge in [-0.05, 0) is 78.0 Å². The minimum atomic E-state index is -4.45. The molecule has 4 amide bonds. The van der Waals surface area contributed by atoms with Crippen LogP contribution in [0.3, 0.4) is 0 Å². The van der Waals surface area contributed by atoms with Crippen LogP contribution in [-0.2, 0) is 4.79 Å². The van der Waals surface area contributed by atoms with Gasteiger partial charge in [0, 0.05) is 22.6 Å². The molecule has 12 heteroatoms. The number of anilines is 2. The minimum absolute atomic E-state index is 0.0739. The number of pyridine rings is 1. The summed E-state index contributed by atoms with van der Waals surface area (Å²) >= 11 is -0.296. The van der Waals surface area contributed by atoms with Crippen LogP contribution in [0.25, 0.3) is 0 Å². The molecular formula is C24H18F4N4O3S. The van der Waals surface area contributed by atoms with Crippen LogP contribution in [0, 0.1) is 5.82 Å². The highest BCUT2D eigenvalue weighted by atomic mass is 32.2. The highest BCUT2D eigenvalue weighted by molar-refractivity contribution is 8.00. The van der Waals surface area contributed by atoms with Crippen LogP contribution in [0.5, 0.6) is 0 Å². The van der Waals surface area contributed by atoms with Crippen molar-refractivity contribution in [1.82, 2.24) is 10.3 Å². The molecule has 1 aromatic heterocycles. The van der Waals surface area contributed by atoms with Crippen molar-refractivity contribution >= 4 is 41.1 Å². The summed E-state index contributed by atoms with van der Waals surface area (Å²) in [5.74, 6) is -1.89. The summed E-state index contributed by atoms with van der Waals surface area (Å²) in [5.41, 5.74) is -3.49. The third-order valence-electron chi connectivity index (χ3n) is 5.45. The van der Waals surface area contributed by atoms with Crippen LogP contribution in [0.2, 0.25) is 0 Å². The predicted octanol–water partition coefficient (Wildman–Crippen LogP) is 5.31. The van der Waals surface area contributed by atoms with Crippen LogP contribution >= 0.6 is 11.8 Å². The summed E-state index contributed by atoms with van der Waals surface area (Å²) in [6.45, 7) is 1.70. The average molecular weight is 518 g/mol. The van der Waals surface area contributed by atoms with Crippen molar-refractivity contribution in [3.05, 3.63) is 83.8 Å². The van der Waals surface area contributed by atoms with E-state index in [9.17, 15) is 31.9 Å². The molecule has 1 aliphatic rings. The molecule has 0 spiro atoms. The number of halogens is 4. The number of benzene rings is 2. The van der Waals surface area contributed by atoms with Crippen LogP contribution in [0.4, 0.5) is 33.9 Å². The van der Waals surface area contributed by atoms with E-state index in [1.807, 2.05) is 0 Å². The molecule has 0 aliphatic carbocycles. The molecule has 0 radical (unpaired) electrons. The summed E-state index contributed by atoms with van der Waals surface area (Å²) in [5, 5.41) is 5.21. The molecule has 3 aromatic rings. The van der Waals surface area contributed by atoms with Gasteiger partial charge in [-0.25, -0.2) is 19.1 Å². The molecule has 0 bridgehead atoms. The zero-order chi connectivity index (χ0) is 26.0. The Kier molecular flexibility index (Phi) is 6.97. The van der Waals surface area contributed by atoms with Crippen LogP contribution < -0.4 is 15.5 Å². The Morgan fingerprint density at radius 3 is 2.39 bits per heavy atom. The van der Waals surface area contributed by atoms with E-state index in [1.165, 1.54) is 42.6 Å². The standard InChI is InChI=1S/C24H18F4N4O3S/c1-13(15-10-11-29-19(12-15)30-21(33)14-2-4-16(25)5-3-14)20-22(34)32(23(35)31-20)17-6-8-18(9-7-17)36-24(26,27)28/h2-13,20H,1H3,(H,31,35)(H,29,30,33). The number of thioether (sulfide) groups is 1. The lowest BCUT2D eigenvalue weighted by Crippen LogP contribution is -2.35. The van der Waals surface area contributed by atoms with E-state index < -0.39 is 41.1 Å². The maximum absolute atomic E-state index is 13.1. The largest absolute Gasteiger partial charge is 0.446 e. The van der Waals surface area contributed by atoms with Gasteiger partial charge in [-0.3, -0.25) is 9.59 Å². The molecule has 2 atom stereocenters. The van der Waals surface area contributed by atoms with Crippen LogP contribution in [0.1, 0.15) is 28.8 Å². The second-order valence-electron chi connectivity index (χ2n) is 7.87. The number of alkyl halides is 3. The maximum atomic E-state index is 13.1. The Morgan fingerprint density at radius 2 is 1.75 bits per heavy atom. The normalized spacial score (nSPS) is 16.6. The lowest BCUT2D eigenvalue weighted by Gasteiger charge is -2.19. The highest BCUT2D eigenvalue weighted by Gasteiger charge is 2.42. The zero-order valence-corrected chi connectivity index (χ0v) is 19.4. The fourth-order valence-corrected chi connectivity index (χ4v) is 4.20. The van der Waals surface area contributed by atoms with E-state index in [0.29, 0.717) is 5.56 Å². The van der Waals surface area contributed by atoms with Gasteiger partial charge in [-0.15, -0.1) is 0 Å². The fourth-order valence-electron chi connectivity index (χ4n) is 3.66. The van der Waals surface area contributed by atoms with Crippen molar-refractivity contribution in [1.29, 1.82) is 0 Å². The van der Waals surface area contributed by atoms with E-state index in [2.05, 4.69) is 15.6 Å². The number of aromatic nitrogens is 1. The fraction of sp³-hybridized carbons (Fsp3) is 0.167. The molecule has 2 unspecified atom stereocenters. The molecule has 2 N–H and O–H groups in total. The lowest BCUT2D eigenvalue weighted by molar-refractivity contribution is -0.118. The Hall–Kier alpha value is -3.93. The van der Waals surface area contributed by atoms with Gasteiger partial charge in [-0.1, -0.05) is 6.92 Å². The Balaban J connectivity index is 1.47. The van der Waals surface area contributed by atoms with Crippen LogP contribution in [0.15, 0.2) is 71.8 Å². The van der Waals surface area contributed by atoms with E-state index in [1.54, 1.807) is 19.1 Å². The van der Waals surface area contributed by atoms with Crippen molar-refractivity contribution in [3.8, 4) is 0 Å². The summed E-state index contributed by atoms with van der Waals surface area (Å²) in [7, 11) is 0. The number of hydrogen-bond acceptors (Lipinski definition) is 5. The molecule has 186 valence electrons. The number of nitrogens with one attached hydrogen (secondary N) is 2. The quantitative estimate of drug-likeness (QED) is 0.262. The number of imide groups is 1. The molecule has 1 saturated heterocycles. The summed E-state index contributed by atoms with van der Waals surface area (Å²) in [6.07, 6.45) is 1.43. The van der Waals surface area contributed by atoms with Crippen molar-refractivity contribution in [2.45, 2.75) is 29.3 Å². The van der Waals surface area contributed by atoms with Crippen molar-refractivity contribution in [3.63, 3.8) is 0 Å². The number of urea groups is 1. The molecule has 7 nitrogen and oxygen atoms in total. The van der Waals surface area contributed by atoms with Gasteiger partial charge >= 0.3 is 11.5 Å². The van der Waals surface area contributed by atoms with E-state index in [4.69, 9.17) is 0 Å². The van der Waals surface area contributed by atoms with E-state index in [0.717, 1.165) is 17.0 Å². The first-order valence-electron chi connectivity index (χ1n) is 10.5. The van der Waals surface area contributed by atoms with Gasteiger partial charge in [0.05, 0.1) is 5.69 Å². The van der Waals surface area contributed by atoms with Crippen LogP contribution in [-0.4, -0.2) is 34.4 Å². The van der Waals surface area contributed by atoms with Gasteiger partial charge < -0.3 is 10.6 Å². The molecule has 1 aliphatic heterocycles. The number of carbonyl (C=O) groups excluding carboxylic acids is 3. The first-order chi connectivity index (χ1) is 17.0. The Morgan fingerprint density at radius 1 is 1.08 bits per heavy atom. The second kappa shape index (κ2) is 9.97. The zero-order valence-electron chi connectivity index (χ0n) is 18.5. The first-order valence-corrected chi connectivity index (χ1v) is 11.4. The minimum Gasteiger partial charge on any atom is -0.325 e. The second-order valence-corrected chi connectivity index (χ2v) is 9.01. The molecule has 4 rings (SSSR count). The number of carbonyl (C=O) groups is 3. The molecule has 1 fully saturated rings. The molecule has 2 heterocycles. The van der Waals surface area contributed by atoms with Crippen molar-refractivity contribution < 1.29 is 31.9 Å². The Bertz CT molecular complexity index is 1300. The van der Waals surface area contributed by atoms with E-state index >= 15 is 0 Å². The molecule has 2 aromatic carbocycles. The maximum Gasteiger partial charge on any atom is 0.446 e.